The van der Waals surface area contributed by atoms with Gasteiger partial charge >= 0.3 is 12.1 Å². The Bertz CT molecular complexity index is 857. The number of aromatic nitrogens is 1. The Balaban J connectivity index is 1.66. The number of aliphatic hydroxyl groups is 1. The molecule has 0 spiro atoms. The first-order valence-electron chi connectivity index (χ1n) is 9.05. The Kier molecular flexibility index (Phi) is 4.19. The van der Waals surface area contributed by atoms with Crippen LogP contribution in [-0.4, -0.2) is 52.9 Å². The van der Waals surface area contributed by atoms with E-state index < -0.39 is 35.4 Å². The maximum absolute atomic E-state index is 13.6. The van der Waals surface area contributed by atoms with Crippen molar-refractivity contribution in [2.75, 3.05) is 29.4 Å². The molecule has 0 aromatic carbocycles. The quantitative estimate of drug-likeness (QED) is 0.799. The Labute approximate surface area is 159 Å². The van der Waals surface area contributed by atoms with E-state index in [0.717, 1.165) is 6.07 Å². The van der Waals surface area contributed by atoms with Crippen molar-refractivity contribution in [2.45, 2.75) is 31.7 Å². The number of aliphatic carboxylic acids is 1. The van der Waals surface area contributed by atoms with Crippen molar-refractivity contribution >= 4 is 17.6 Å². The number of rotatable bonds is 4. The minimum atomic E-state index is -4.71. The maximum atomic E-state index is 13.6. The SMILES string of the molecule is C[C@@H]1[C@H](O)CN1c1nc(N2CC3C(CC(=O)O)C3C2)cc(C(F)(F)F)c1C#N. The van der Waals surface area contributed by atoms with Gasteiger partial charge < -0.3 is 20.0 Å². The summed E-state index contributed by atoms with van der Waals surface area (Å²) in [6.45, 7) is 2.70. The van der Waals surface area contributed by atoms with Gasteiger partial charge in [0, 0.05) is 26.1 Å². The summed E-state index contributed by atoms with van der Waals surface area (Å²) in [5, 5.41) is 28.0. The standard InChI is InChI=1S/C18H19F3N4O3/c1-8-14(26)7-25(8)17-10(4-22)13(18(19,20)21)3-15(23-17)24-5-11-9(2-16(27)28)12(11)6-24/h3,8-9,11-12,14,26H,2,5-7H2,1H3,(H,27,28)/t8-,9?,11?,12?,14-/m1/s1. The molecule has 4 rings (SSSR count). The molecule has 0 amide bonds. The van der Waals surface area contributed by atoms with Crippen LogP contribution < -0.4 is 9.80 Å². The third kappa shape index (κ3) is 2.94. The third-order valence-corrected chi connectivity index (χ3v) is 6.21. The van der Waals surface area contributed by atoms with E-state index in [-0.39, 0.29) is 42.4 Å². The summed E-state index contributed by atoms with van der Waals surface area (Å²) in [4.78, 5) is 18.5. The number of carbonyl (C=O) groups is 1. The van der Waals surface area contributed by atoms with Gasteiger partial charge in [0.1, 0.15) is 23.3 Å². The number of pyridine rings is 1. The number of halogens is 3. The van der Waals surface area contributed by atoms with E-state index in [4.69, 9.17) is 5.11 Å². The number of hydrogen-bond donors (Lipinski definition) is 2. The number of alkyl halides is 3. The number of carboxylic acids is 1. The molecule has 10 heteroatoms. The minimum Gasteiger partial charge on any atom is -0.481 e. The van der Waals surface area contributed by atoms with Crippen LogP contribution in [0.1, 0.15) is 24.5 Å². The van der Waals surface area contributed by atoms with Gasteiger partial charge in [0.05, 0.1) is 17.7 Å². The smallest absolute Gasteiger partial charge is 0.417 e. The summed E-state index contributed by atoms with van der Waals surface area (Å²) in [5.74, 6) is -0.426. The Morgan fingerprint density at radius 1 is 1.36 bits per heavy atom. The lowest BCUT2D eigenvalue weighted by Crippen LogP contribution is -2.59. The molecule has 4 atom stereocenters. The van der Waals surface area contributed by atoms with Gasteiger partial charge in [0.25, 0.3) is 0 Å². The highest BCUT2D eigenvalue weighted by Gasteiger charge is 2.56. The number of nitriles is 1. The average Bonchev–Trinajstić information content (AvgIpc) is 3.05. The Morgan fingerprint density at radius 3 is 2.46 bits per heavy atom. The van der Waals surface area contributed by atoms with Crippen molar-refractivity contribution in [2.24, 2.45) is 17.8 Å². The molecule has 7 nitrogen and oxygen atoms in total. The van der Waals surface area contributed by atoms with Crippen molar-refractivity contribution in [3.63, 3.8) is 0 Å². The zero-order chi connectivity index (χ0) is 20.4. The number of anilines is 2. The van der Waals surface area contributed by atoms with Crippen LogP contribution in [-0.2, 0) is 11.0 Å². The van der Waals surface area contributed by atoms with Crippen LogP contribution in [0.25, 0.3) is 0 Å². The molecule has 2 saturated heterocycles. The molecule has 1 saturated carbocycles. The van der Waals surface area contributed by atoms with Gasteiger partial charge in [-0.05, 0) is 30.7 Å². The number of hydrogen-bond acceptors (Lipinski definition) is 6. The van der Waals surface area contributed by atoms with Crippen molar-refractivity contribution in [1.82, 2.24) is 4.98 Å². The molecule has 28 heavy (non-hydrogen) atoms. The maximum Gasteiger partial charge on any atom is 0.417 e. The van der Waals surface area contributed by atoms with Crippen LogP contribution in [0.2, 0.25) is 0 Å². The first-order valence-corrected chi connectivity index (χ1v) is 9.05. The number of piperidine rings is 1. The van der Waals surface area contributed by atoms with Gasteiger partial charge in [-0.15, -0.1) is 0 Å². The molecule has 3 heterocycles. The van der Waals surface area contributed by atoms with Gasteiger partial charge in [-0.2, -0.15) is 18.4 Å². The molecule has 2 N–H and O–H groups in total. The third-order valence-electron chi connectivity index (χ3n) is 6.21. The topological polar surface area (TPSA) is 101 Å². The normalized spacial score (nSPS) is 31.2. The van der Waals surface area contributed by atoms with Crippen LogP contribution in [0.4, 0.5) is 24.8 Å². The Morgan fingerprint density at radius 2 is 2.00 bits per heavy atom. The minimum absolute atomic E-state index is 0.0622. The van der Waals surface area contributed by atoms with Crippen LogP contribution in [0.3, 0.4) is 0 Å². The molecule has 2 aliphatic heterocycles. The fourth-order valence-corrected chi connectivity index (χ4v) is 4.43. The summed E-state index contributed by atoms with van der Waals surface area (Å²) in [5.41, 5.74) is -1.57. The lowest BCUT2D eigenvalue weighted by atomic mass is 9.99. The Hall–Kier alpha value is -2.54. The second kappa shape index (κ2) is 6.24. The number of fused-ring (bicyclic) bond motifs is 1. The zero-order valence-electron chi connectivity index (χ0n) is 15.0. The lowest BCUT2D eigenvalue weighted by Gasteiger charge is -2.45. The van der Waals surface area contributed by atoms with Crippen molar-refractivity contribution in [3.05, 3.63) is 17.2 Å². The fraction of sp³-hybridized carbons (Fsp3) is 0.611. The molecule has 2 unspecified atom stereocenters. The monoisotopic (exact) mass is 396 g/mol. The van der Waals surface area contributed by atoms with E-state index in [9.17, 15) is 28.3 Å². The molecule has 0 bridgehead atoms. The predicted octanol–water partition coefficient (Wildman–Crippen LogP) is 1.70. The molecule has 1 aliphatic carbocycles. The molecular weight excluding hydrogens is 377 g/mol. The lowest BCUT2D eigenvalue weighted by molar-refractivity contribution is -0.138. The predicted molar refractivity (Wildman–Crippen MR) is 91.7 cm³/mol. The van der Waals surface area contributed by atoms with Crippen LogP contribution in [0.5, 0.6) is 0 Å². The number of carboxylic acid groups (broad SMARTS) is 1. The second-order valence-corrected chi connectivity index (χ2v) is 7.79. The van der Waals surface area contributed by atoms with Crippen LogP contribution >= 0.6 is 0 Å². The molecule has 1 aromatic rings. The van der Waals surface area contributed by atoms with E-state index in [0.29, 0.717) is 13.1 Å². The number of nitrogens with zero attached hydrogens (tertiary/aromatic N) is 4. The summed E-state index contributed by atoms with van der Waals surface area (Å²) in [7, 11) is 0. The van der Waals surface area contributed by atoms with Gasteiger partial charge in [0.2, 0.25) is 0 Å². The molecule has 0 radical (unpaired) electrons. The van der Waals surface area contributed by atoms with Crippen LogP contribution in [0.15, 0.2) is 6.07 Å². The first kappa shape index (κ1) is 18.8. The second-order valence-electron chi connectivity index (χ2n) is 7.79. The summed E-state index contributed by atoms with van der Waals surface area (Å²) in [6.07, 6.45) is -5.31. The largest absolute Gasteiger partial charge is 0.481 e. The number of aliphatic hydroxyl groups excluding tert-OH is 1. The zero-order valence-corrected chi connectivity index (χ0v) is 15.0. The molecule has 3 fully saturated rings. The van der Waals surface area contributed by atoms with Crippen molar-refractivity contribution in [1.29, 1.82) is 5.26 Å². The highest BCUT2D eigenvalue weighted by Crippen LogP contribution is 2.54. The molecule has 3 aliphatic rings. The highest BCUT2D eigenvalue weighted by molar-refractivity contribution is 5.68. The van der Waals surface area contributed by atoms with E-state index in [2.05, 4.69) is 4.98 Å². The van der Waals surface area contributed by atoms with E-state index in [1.807, 2.05) is 0 Å². The highest BCUT2D eigenvalue weighted by atomic mass is 19.4. The van der Waals surface area contributed by atoms with Gasteiger partial charge in [-0.3, -0.25) is 4.79 Å². The first-order chi connectivity index (χ1) is 13.1. The van der Waals surface area contributed by atoms with E-state index in [1.54, 1.807) is 17.9 Å². The van der Waals surface area contributed by atoms with Gasteiger partial charge in [-0.25, -0.2) is 4.98 Å². The summed E-state index contributed by atoms with van der Waals surface area (Å²) < 4.78 is 40.8. The number of β-amino-alcohol motifs (C(OH)–C–C–N with tert-alkyl or cyclic N) is 1. The van der Waals surface area contributed by atoms with Crippen molar-refractivity contribution in [3.8, 4) is 6.07 Å². The van der Waals surface area contributed by atoms with Gasteiger partial charge in [-0.1, -0.05) is 0 Å². The molecule has 150 valence electrons. The van der Waals surface area contributed by atoms with E-state index >= 15 is 0 Å². The average molecular weight is 396 g/mol. The van der Waals surface area contributed by atoms with Crippen LogP contribution in [0, 0.1) is 29.1 Å². The molecular formula is C18H19F3N4O3. The summed E-state index contributed by atoms with van der Waals surface area (Å²) >= 11 is 0. The molecule has 1 aromatic heterocycles. The van der Waals surface area contributed by atoms with E-state index in [1.165, 1.54) is 4.90 Å². The summed E-state index contributed by atoms with van der Waals surface area (Å²) in [6, 6.07) is 2.10. The fourth-order valence-electron chi connectivity index (χ4n) is 4.43. The van der Waals surface area contributed by atoms with Gasteiger partial charge in [0.15, 0.2) is 0 Å². The van der Waals surface area contributed by atoms with Crippen molar-refractivity contribution < 1.29 is 28.2 Å².